The highest BCUT2D eigenvalue weighted by Crippen LogP contribution is 2.39. The van der Waals surface area contributed by atoms with Gasteiger partial charge in [0.25, 0.3) is 5.91 Å². The first kappa shape index (κ1) is 28.2. The lowest BCUT2D eigenvalue weighted by Crippen LogP contribution is -2.28. The molecule has 1 saturated heterocycles. The molecule has 1 aliphatic heterocycles. The predicted molar refractivity (Wildman–Crippen MR) is 167 cm³/mol. The van der Waals surface area contributed by atoms with Crippen LogP contribution in [0.1, 0.15) is 27.8 Å². The van der Waals surface area contributed by atoms with Gasteiger partial charge in [-0.2, -0.15) is 5.26 Å². The Morgan fingerprint density at radius 2 is 1.73 bits per heavy atom. The van der Waals surface area contributed by atoms with Crippen LogP contribution in [0.15, 0.2) is 105 Å². The van der Waals surface area contributed by atoms with E-state index in [1.54, 1.807) is 18.1 Å². The minimum Gasteiger partial charge on any atom is -0.493 e. The van der Waals surface area contributed by atoms with Crippen molar-refractivity contribution in [3.05, 3.63) is 128 Å². The zero-order chi connectivity index (χ0) is 28.8. The molecule has 8 heteroatoms. The van der Waals surface area contributed by atoms with E-state index in [1.807, 2.05) is 97.9 Å². The third kappa shape index (κ3) is 6.71. The molecule has 1 heterocycles. The summed E-state index contributed by atoms with van der Waals surface area (Å²) in [5.41, 5.74) is 5.05. The molecular formula is C33H26BrN3O3S. The molecule has 0 bridgehead atoms. The van der Waals surface area contributed by atoms with Crippen molar-refractivity contribution in [2.75, 3.05) is 7.11 Å². The van der Waals surface area contributed by atoms with Crippen molar-refractivity contribution in [2.45, 2.75) is 20.1 Å². The first-order valence-electron chi connectivity index (χ1n) is 12.8. The van der Waals surface area contributed by atoms with Gasteiger partial charge in [0.1, 0.15) is 6.61 Å². The van der Waals surface area contributed by atoms with Crippen LogP contribution < -0.4 is 9.47 Å². The van der Waals surface area contributed by atoms with E-state index in [0.717, 1.165) is 32.4 Å². The summed E-state index contributed by atoms with van der Waals surface area (Å²) in [4.78, 5) is 20.8. The number of hydrogen-bond acceptors (Lipinski definition) is 6. The summed E-state index contributed by atoms with van der Waals surface area (Å²) in [6.45, 7) is 2.66. The third-order valence-electron chi connectivity index (χ3n) is 6.42. The molecule has 0 saturated carbocycles. The van der Waals surface area contributed by atoms with Crippen LogP contribution in [0.2, 0.25) is 0 Å². The Balaban J connectivity index is 1.45. The second-order valence-corrected chi connectivity index (χ2v) is 11.2. The fourth-order valence-corrected chi connectivity index (χ4v) is 5.64. The summed E-state index contributed by atoms with van der Waals surface area (Å²) in [5, 5.41) is 10.0. The number of amides is 1. The first-order valence-corrected chi connectivity index (χ1v) is 14.4. The lowest BCUT2D eigenvalue weighted by atomic mass is 10.1. The maximum atomic E-state index is 13.7. The molecule has 4 aromatic carbocycles. The zero-order valence-corrected chi connectivity index (χ0v) is 24.9. The van der Waals surface area contributed by atoms with E-state index in [1.165, 1.54) is 11.8 Å². The van der Waals surface area contributed by atoms with Crippen LogP contribution in [-0.2, 0) is 17.9 Å². The fraction of sp³-hybridized carbons (Fsp3) is 0.121. The molecule has 1 aliphatic rings. The van der Waals surface area contributed by atoms with Crippen molar-refractivity contribution in [3.63, 3.8) is 0 Å². The third-order valence-corrected chi connectivity index (χ3v) is 8.11. The highest BCUT2D eigenvalue weighted by molar-refractivity contribution is 9.10. The second kappa shape index (κ2) is 12.9. The van der Waals surface area contributed by atoms with Crippen molar-refractivity contribution in [2.24, 2.45) is 4.99 Å². The fourth-order valence-electron chi connectivity index (χ4n) is 4.21. The molecular weight excluding hydrogens is 598 g/mol. The molecule has 0 aliphatic carbocycles. The standard InChI is InChI=1S/C33H26BrN3O3S/c1-22-12-14-27(15-13-22)36-33-37(20-23-8-4-3-5-9-23)32(38)31(41-33)17-26-16-29(39-2)30(18-28(26)34)40-21-25-11-7-6-10-24(25)19-35/h3-18H,20-21H2,1-2H3/b31-17+,36-33?. The van der Waals surface area contributed by atoms with Crippen LogP contribution in [0, 0.1) is 18.3 Å². The van der Waals surface area contributed by atoms with Gasteiger partial charge in [0.15, 0.2) is 16.7 Å². The SMILES string of the molecule is COc1cc(/C=C2/SC(=Nc3ccc(C)cc3)N(Cc3ccccc3)C2=O)c(Br)cc1OCc1ccccc1C#N. The van der Waals surface area contributed by atoms with Crippen LogP contribution in [0.3, 0.4) is 0 Å². The first-order chi connectivity index (χ1) is 19.9. The number of carbonyl (C=O) groups is 1. The number of nitrogens with zero attached hydrogens (tertiary/aromatic N) is 3. The van der Waals surface area contributed by atoms with Gasteiger partial charge in [0, 0.05) is 10.0 Å². The number of hydrogen-bond donors (Lipinski definition) is 0. The lowest BCUT2D eigenvalue weighted by Gasteiger charge is -2.15. The van der Waals surface area contributed by atoms with Crippen LogP contribution in [-0.4, -0.2) is 23.1 Å². The quantitative estimate of drug-likeness (QED) is 0.186. The predicted octanol–water partition coefficient (Wildman–Crippen LogP) is 8.02. The molecule has 1 fully saturated rings. The molecule has 4 aromatic rings. The van der Waals surface area contributed by atoms with Crippen molar-refractivity contribution in [3.8, 4) is 17.6 Å². The average molecular weight is 625 g/mol. The molecule has 1 amide bonds. The van der Waals surface area contributed by atoms with E-state index in [2.05, 4.69) is 22.0 Å². The van der Waals surface area contributed by atoms with E-state index in [4.69, 9.17) is 14.5 Å². The van der Waals surface area contributed by atoms with Crippen LogP contribution >= 0.6 is 27.7 Å². The number of thioether (sulfide) groups is 1. The van der Waals surface area contributed by atoms with Gasteiger partial charge in [0.05, 0.1) is 35.9 Å². The van der Waals surface area contributed by atoms with E-state index in [0.29, 0.717) is 33.7 Å². The van der Waals surface area contributed by atoms with Gasteiger partial charge >= 0.3 is 0 Å². The van der Waals surface area contributed by atoms with Crippen molar-refractivity contribution in [1.82, 2.24) is 4.90 Å². The largest absolute Gasteiger partial charge is 0.493 e. The van der Waals surface area contributed by atoms with Crippen LogP contribution in [0.4, 0.5) is 5.69 Å². The second-order valence-electron chi connectivity index (χ2n) is 9.30. The molecule has 0 N–H and O–H groups in total. The van der Waals surface area contributed by atoms with Gasteiger partial charge in [-0.15, -0.1) is 0 Å². The number of halogens is 1. The monoisotopic (exact) mass is 623 g/mol. The number of carbonyl (C=O) groups excluding carboxylic acids is 1. The molecule has 0 spiro atoms. The Kier molecular flexibility index (Phi) is 8.88. The van der Waals surface area contributed by atoms with Crippen molar-refractivity contribution < 1.29 is 14.3 Å². The summed E-state index contributed by atoms with van der Waals surface area (Å²) >= 11 is 4.98. The topological polar surface area (TPSA) is 74.9 Å². The van der Waals surface area contributed by atoms with E-state index in [9.17, 15) is 10.1 Å². The number of aliphatic imine (C=N–C) groups is 1. The Morgan fingerprint density at radius 1 is 1.00 bits per heavy atom. The van der Waals surface area contributed by atoms with Gasteiger partial charge in [0.2, 0.25) is 0 Å². The molecule has 5 rings (SSSR count). The van der Waals surface area contributed by atoms with Crippen molar-refractivity contribution in [1.29, 1.82) is 5.26 Å². The Hall–Kier alpha value is -4.32. The summed E-state index contributed by atoms with van der Waals surface area (Å²) < 4.78 is 12.4. The number of nitriles is 1. The van der Waals surface area contributed by atoms with E-state index in [-0.39, 0.29) is 12.5 Å². The van der Waals surface area contributed by atoms with Crippen LogP contribution in [0.25, 0.3) is 6.08 Å². The number of benzene rings is 4. The van der Waals surface area contributed by atoms with Gasteiger partial charge in [-0.3, -0.25) is 9.69 Å². The molecule has 0 atom stereocenters. The molecule has 0 unspecified atom stereocenters. The summed E-state index contributed by atoms with van der Waals surface area (Å²) in [6, 6.07) is 30.9. The van der Waals surface area contributed by atoms with Gasteiger partial charge in [-0.05, 0) is 66.2 Å². The van der Waals surface area contributed by atoms with Crippen molar-refractivity contribution >= 4 is 50.5 Å². The maximum Gasteiger partial charge on any atom is 0.267 e. The number of methoxy groups -OCH3 is 1. The molecule has 6 nitrogen and oxygen atoms in total. The number of aryl methyl sites for hydroxylation is 1. The highest BCUT2D eigenvalue weighted by Gasteiger charge is 2.33. The van der Waals surface area contributed by atoms with Gasteiger partial charge in [-0.1, -0.05) is 82.2 Å². The number of amidine groups is 1. The van der Waals surface area contributed by atoms with E-state index >= 15 is 0 Å². The van der Waals surface area contributed by atoms with Crippen LogP contribution in [0.5, 0.6) is 11.5 Å². The summed E-state index contributed by atoms with van der Waals surface area (Å²) in [6.07, 6.45) is 1.84. The minimum absolute atomic E-state index is 0.121. The molecule has 0 aromatic heterocycles. The summed E-state index contributed by atoms with van der Waals surface area (Å²) in [5.74, 6) is 0.913. The normalized spacial score (nSPS) is 14.9. The number of ether oxygens (including phenoxy) is 2. The zero-order valence-electron chi connectivity index (χ0n) is 22.5. The maximum absolute atomic E-state index is 13.7. The molecule has 0 radical (unpaired) electrons. The summed E-state index contributed by atoms with van der Waals surface area (Å²) in [7, 11) is 1.57. The Morgan fingerprint density at radius 3 is 2.46 bits per heavy atom. The Bertz CT molecular complexity index is 1680. The Labute approximate surface area is 252 Å². The minimum atomic E-state index is -0.121. The van der Waals surface area contributed by atoms with E-state index < -0.39 is 0 Å². The highest BCUT2D eigenvalue weighted by atomic mass is 79.9. The van der Waals surface area contributed by atoms with Gasteiger partial charge < -0.3 is 9.47 Å². The number of rotatable bonds is 8. The lowest BCUT2D eigenvalue weighted by molar-refractivity contribution is -0.122. The smallest absolute Gasteiger partial charge is 0.267 e. The average Bonchev–Trinajstić information content (AvgIpc) is 3.27. The molecule has 41 heavy (non-hydrogen) atoms. The molecule has 204 valence electrons. The van der Waals surface area contributed by atoms with Gasteiger partial charge in [-0.25, -0.2) is 4.99 Å².